The van der Waals surface area contributed by atoms with Crippen LogP contribution < -0.4 is 0 Å². The highest BCUT2D eigenvalue weighted by Crippen LogP contribution is 2.36. The summed E-state index contributed by atoms with van der Waals surface area (Å²) in [6.07, 6.45) is 2.45. The molecule has 1 aromatic heterocycles. The Labute approximate surface area is 178 Å². The molecule has 1 heterocycles. The van der Waals surface area contributed by atoms with E-state index in [1.165, 1.54) is 29.2 Å². The zero-order chi connectivity index (χ0) is 19.8. The quantitative estimate of drug-likeness (QED) is 0.343. The lowest BCUT2D eigenvalue weighted by molar-refractivity contribution is 0.173. The Kier molecular flexibility index (Phi) is 4.94. The number of hydrogen-bond acceptors (Lipinski definition) is 4. The normalized spacial score (nSPS) is 15.1. The molecule has 1 aliphatic carbocycles. The number of rotatable bonds is 6. The molecule has 0 bridgehead atoms. The molecule has 1 atom stereocenters. The van der Waals surface area contributed by atoms with Crippen LogP contribution in [0.4, 0.5) is 0 Å². The van der Waals surface area contributed by atoms with Crippen LogP contribution in [0.3, 0.4) is 0 Å². The molecule has 0 spiro atoms. The Morgan fingerprint density at radius 1 is 1.00 bits per heavy atom. The van der Waals surface area contributed by atoms with Crippen LogP contribution in [0.1, 0.15) is 37.3 Å². The fourth-order valence-electron chi connectivity index (χ4n) is 3.86. The largest absolute Gasteiger partial charge is 0.419 e. The highest BCUT2D eigenvalue weighted by atomic mass is 79.9. The van der Waals surface area contributed by atoms with Crippen molar-refractivity contribution < 1.29 is 4.42 Å². The van der Waals surface area contributed by atoms with Crippen LogP contribution in [-0.2, 0) is 6.54 Å². The van der Waals surface area contributed by atoms with Crippen LogP contribution in [-0.4, -0.2) is 21.1 Å². The van der Waals surface area contributed by atoms with E-state index in [0.29, 0.717) is 24.4 Å². The Morgan fingerprint density at radius 3 is 2.55 bits per heavy atom. The summed E-state index contributed by atoms with van der Waals surface area (Å²) >= 11 is 3.56. The zero-order valence-electron chi connectivity index (χ0n) is 16.3. The molecule has 0 saturated heterocycles. The first-order valence-corrected chi connectivity index (χ1v) is 10.8. The molecule has 0 amide bonds. The molecule has 5 heteroatoms. The molecule has 29 heavy (non-hydrogen) atoms. The number of halogens is 1. The summed E-state index contributed by atoms with van der Waals surface area (Å²) in [5.74, 6) is 1.22. The standard InChI is InChI=1S/C24H22BrN3O/c1-16(18-11-10-17-6-2-3-7-19(17)14-18)28(20-12-13-20)15-23-26-27-24(29-23)21-8-4-5-9-22(21)25/h2-11,14,16,20H,12-13,15H2,1H3. The molecular formula is C24H22BrN3O. The molecule has 4 aromatic rings. The molecule has 4 nitrogen and oxygen atoms in total. The molecule has 1 fully saturated rings. The van der Waals surface area contributed by atoms with Gasteiger partial charge in [-0.3, -0.25) is 4.90 Å². The van der Waals surface area contributed by atoms with Gasteiger partial charge in [0.25, 0.3) is 0 Å². The molecule has 1 saturated carbocycles. The summed E-state index contributed by atoms with van der Waals surface area (Å²) in [4.78, 5) is 2.49. The molecule has 146 valence electrons. The molecule has 0 aliphatic heterocycles. The van der Waals surface area contributed by atoms with Crippen molar-refractivity contribution in [1.29, 1.82) is 0 Å². The first-order valence-electron chi connectivity index (χ1n) is 10.0. The lowest BCUT2D eigenvalue weighted by Crippen LogP contribution is -2.29. The molecule has 1 aliphatic rings. The lowest BCUT2D eigenvalue weighted by Gasteiger charge is -2.28. The van der Waals surface area contributed by atoms with Crippen molar-refractivity contribution in [3.8, 4) is 11.5 Å². The highest BCUT2D eigenvalue weighted by molar-refractivity contribution is 9.10. The molecule has 0 radical (unpaired) electrons. The van der Waals surface area contributed by atoms with Gasteiger partial charge in [0, 0.05) is 16.6 Å². The second-order valence-corrected chi connectivity index (χ2v) is 8.52. The van der Waals surface area contributed by atoms with Gasteiger partial charge in [0.1, 0.15) is 0 Å². The molecule has 0 N–H and O–H groups in total. The Morgan fingerprint density at radius 2 is 1.76 bits per heavy atom. The van der Waals surface area contributed by atoms with E-state index in [9.17, 15) is 0 Å². The maximum Gasteiger partial charge on any atom is 0.248 e. The van der Waals surface area contributed by atoms with Crippen molar-refractivity contribution in [2.45, 2.75) is 38.4 Å². The van der Waals surface area contributed by atoms with Crippen LogP contribution in [0.5, 0.6) is 0 Å². The Hall–Kier alpha value is -2.50. The van der Waals surface area contributed by atoms with Gasteiger partial charge in [-0.05, 0) is 70.2 Å². The Bertz CT molecular complexity index is 1150. The first kappa shape index (κ1) is 18.5. The van der Waals surface area contributed by atoms with E-state index in [2.05, 4.69) is 80.4 Å². The summed E-state index contributed by atoms with van der Waals surface area (Å²) in [5.41, 5.74) is 2.24. The number of hydrogen-bond donors (Lipinski definition) is 0. The van der Waals surface area contributed by atoms with Gasteiger partial charge in [0.2, 0.25) is 11.8 Å². The van der Waals surface area contributed by atoms with E-state index in [0.717, 1.165) is 10.0 Å². The summed E-state index contributed by atoms with van der Waals surface area (Å²) in [6, 6.07) is 24.0. The van der Waals surface area contributed by atoms with Crippen LogP contribution in [0.25, 0.3) is 22.2 Å². The van der Waals surface area contributed by atoms with Crippen LogP contribution in [0.15, 0.2) is 75.6 Å². The van der Waals surface area contributed by atoms with Gasteiger partial charge in [-0.25, -0.2) is 0 Å². The fourth-order valence-corrected chi connectivity index (χ4v) is 4.32. The second kappa shape index (κ2) is 7.73. The van der Waals surface area contributed by atoms with E-state index in [1.807, 2.05) is 24.3 Å². The number of fused-ring (bicyclic) bond motifs is 1. The molecule has 5 rings (SSSR count). The average molecular weight is 448 g/mol. The van der Waals surface area contributed by atoms with Crippen molar-refractivity contribution in [3.05, 3.63) is 82.7 Å². The molecule has 1 unspecified atom stereocenters. The number of nitrogens with zero attached hydrogens (tertiary/aromatic N) is 3. The maximum atomic E-state index is 6.02. The van der Waals surface area contributed by atoms with Gasteiger partial charge in [0.05, 0.1) is 12.1 Å². The minimum absolute atomic E-state index is 0.283. The summed E-state index contributed by atoms with van der Waals surface area (Å²) in [6.45, 7) is 2.93. The van der Waals surface area contributed by atoms with Gasteiger partial charge < -0.3 is 4.42 Å². The third kappa shape index (κ3) is 3.85. The lowest BCUT2D eigenvalue weighted by atomic mass is 10.0. The predicted octanol–water partition coefficient (Wildman–Crippen LogP) is 6.38. The van der Waals surface area contributed by atoms with Crippen LogP contribution in [0, 0.1) is 0 Å². The van der Waals surface area contributed by atoms with Gasteiger partial charge in [-0.15, -0.1) is 10.2 Å². The van der Waals surface area contributed by atoms with Gasteiger partial charge in [-0.1, -0.05) is 48.5 Å². The zero-order valence-corrected chi connectivity index (χ0v) is 17.8. The van der Waals surface area contributed by atoms with Crippen LogP contribution >= 0.6 is 15.9 Å². The number of benzene rings is 3. The van der Waals surface area contributed by atoms with Crippen LogP contribution in [0.2, 0.25) is 0 Å². The van der Waals surface area contributed by atoms with Gasteiger partial charge >= 0.3 is 0 Å². The van der Waals surface area contributed by atoms with E-state index in [-0.39, 0.29) is 6.04 Å². The van der Waals surface area contributed by atoms with E-state index >= 15 is 0 Å². The smallest absolute Gasteiger partial charge is 0.248 e. The topological polar surface area (TPSA) is 42.2 Å². The second-order valence-electron chi connectivity index (χ2n) is 7.67. The molecule has 3 aromatic carbocycles. The minimum atomic E-state index is 0.283. The average Bonchev–Trinajstić information content (AvgIpc) is 3.49. The van der Waals surface area contributed by atoms with Crippen molar-refractivity contribution in [2.75, 3.05) is 0 Å². The maximum absolute atomic E-state index is 6.02. The highest BCUT2D eigenvalue weighted by Gasteiger charge is 2.34. The SMILES string of the molecule is CC(c1ccc2ccccc2c1)N(Cc1nnc(-c2ccccc2Br)o1)C1CC1. The number of aromatic nitrogens is 2. The summed E-state index contributed by atoms with van der Waals surface area (Å²) < 4.78 is 6.98. The summed E-state index contributed by atoms with van der Waals surface area (Å²) in [7, 11) is 0. The van der Waals surface area contributed by atoms with Crippen molar-refractivity contribution >= 4 is 26.7 Å². The van der Waals surface area contributed by atoms with Gasteiger partial charge in [0.15, 0.2) is 0 Å². The molecular weight excluding hydrogens is 426 g/mol. The van der Waals surface area contributed by atoms with Crippen molar-refractivity contribution in [2.24, 2.45) is 0 Å². The monoisotopic (exact) mass is 447 g/mol. The summed E-state index contributed by atoms with van der Waals surface area (Å²) in [5, 5.41) is 11.2. The fraction of sp³-hybridized carbons (Fsp3) is 0.250. The van der Waals surface area contributed by atoms with Crippen molar-refractivity contribution in [3.63, 3.8) is 0 Å². The van der Waals surface area contributed by atoms with Crippen molar-refractivity contribution in [1.82, 2.24) is 15.1 Å². The van der Waals surface area contributed by atoms with Gasteiger partial charge in [-0.2, -0.15) is 0 Å². The Balaban J connectivity index is 1.40. The minimum Gasteiger partial charge on any atom is -0.419 e. The predicted molar refractivity (Wildman–Crippen MR) is 118 cm³/mol. The third-order valence-electron chi connectivity index (χ3n) is 5.66. The van der Waals surface area contributed by atoms with E-state index in [4.69, 9.17) is 4.42 Å². The first-order chi connectivity index (χ1) is 14.2. The third-order valence-corrected chi connectivity index (χ3v) is 6.35. The van der Waals surface area contributed by atoms with E-state index < -0.39 is 0 Å². The van der Waals surface area contributed by atoms with E-state index in [1.54, 1.807) is 0 Å².